The summed E-state index contributed by atoms with van der Waals surface area (Å²) in [6.07, 6.45) is 4.30. The molecule has 2 saturated heterocycles. The van der Waals surface area contributed by atoms with Crippen LogP contribution in [0.2, 0.25) is 0 Å². The molecule has 0 bridgehead atoms. The highest BCUT2D eigenvalue weighted by atomic mass is 32.2. The van der Waals surface area contributed by atoms with Gasteiger partial charge in [-0.25, -0.2) is 0 Å². The zero-order chi connectivity index (χ0) is 14.8. The molecule has 0 aliphatic carbocycles. The maximum atomic E-state index is 12.8. The summed E-state index contributed by atoms with van der Waals surface area (Å²) < 4.78 is 28.7. The van der Waals surface area contributed by atoms with Crippen LogP contribution in [-0.2, 0) is 10.2 Å². The van der Waals surface area contributed by atoms with E-state index in [1.54, 1.807) is 8.61 Å². The largest absolute Gasteiger partial charge is 0.411 e. The molecule has 0 amide bonds. The molecule has 7 heteroatoms. The zero-order valence-electron chi connectivity index (χ0n) is 12.3. The molecule has 20 heavy (non-hydrogen) atoms. The van der Waals surface area contributed by atoms with Gasteiger partial charge in [-0.05, 0) is 26.2 Å². The molecule has 2 heterocycles. The molecular formula is C13H25N3O3S. The average Bonchev–Trinajstić information content (AvgIpc) is 2.46. The molecule has 116 valence electrons. The van der Waals surface area contributed by atoms with Gasteiger partial charge in [0, 0.05) is 38.0 Å². The van der Waals surface area contributed by atoms with Crippen LogP contribution in [0, 0.1) is 5.92 Å². The van der Waals surface area contributed by atoms with Gasteiger partial charge in [-0.3, -0.25) is 0 Å². The fourth-order valence-electron chi connectivity index (χ4n) is 3.15. The van der Waals surface area contributed by atoms with Gasteiger partial charge in [-0.2, -0.15) is 17.0 Å². The molecule has 2 atom stereocenters. The fourth-order valence-corrected chi connectivity index (χ4v) is 5.06. The molecular weight excluding hydrogens is 278 g/mol. The third-order valence-corrected chi connectivity index (χ3v) is 6.62. The molecule has 6 nitrogen and oxygen atoms in total. The molecule has 0 aromatic rings. The predicted octanol–water partition coefficient (Wildman–Crippen LogP) is 1.67. The molecule has 2 aliphatic heterocycles. The Kier molecular flexibility index (Phi) is 5.04. The lowest BCUT2D eigenvalue weighted by Crippen LogP contribution is -2.53. The van der Waals surface area contributed by atoms with Gasteiger partial charge >= 0.3 is 0 Å². The minimum atomic E-state index is -3.38. The summed E-state index contributed by atoms with van der Waals surface area (Å²) in [5.41, 5.74) is 0.727. The van der Waals surface area contributed by atoms with Crippen LogP contribution in [0.5, 0.6) is 0 Å². The quantitative estimate of drug-likeness (QED) is 0.636. The Bertz CT molecular complexity index is 463. The van der Waals surface area contributed by atoms with Crippen molar-refractivity contribution in [3.63, 3.8) is 0 Å². The highest BCUT2D eigenvalue weighted by molar-refractivity contribution is 7.86. The maximum Gasteiger partial charge on any atom is 0.282 e. The molecule has 1 N–H and O–H groups in total. The molecule has 2 rings (SSSR count). The summed E-state index contributed by atoms with van der Waals surface area (Å²) in [6, 6.07) is 0.0849. The summed E-state index contributed by atoms with van der Waals surface area (Å²) in [6.45, 7) is 5.45. The van der Waals surface area contributed by atoms with Crippen molar-refractivity contribution in [1.82, 2.24) is 8.61 Å². The number of oxime groups is 1. The van der Waals surface area contributed by atoms with E-state index in [0.717, 1.165) is 31.4 Å². The number of hydrogen-bond acceptors (Lipinski definition) is 4. The van der Waals surface area contributed by atoms with Crippen molar-refractivity contribution in [2.45, 2.75) is 52.0 Å². The SMILES string of the molecule is CCC1CN(S(=O)(=O)N2CCCCC2C)CCC1=NO. The second kappa shape index (κ2) is 6.41. The van der Waals surface area contributed by atoms with Gasteiger partial charge in [-0.15, -0.1) is 0 Å². The number of rotatable bonds is 3. The Morgan fingerprint density at radius 2 is 2.10 bits per heavy atom. The van der Waals surface area contributed by atoms with Crippen LogP contribution in [-0.4, -0.2) is 53.6 Å². The third-order valence-electron chi connectivity index (χ3n) is 4.50. The Morgan fingerprint density at radius 1 is 1.35 bits per heavy atom. The number of nitrogens with zero attached hydrogens (tertiary/aromatic N) is 3. The van der Waals surface area contributed by atoms with Crippen LogP contribution in [0.4, 0.5) is 0 Å². The van der Waals surface area contributed by atoms with Gasteiger partial charge < -0.3 is 5.21 Å². The van der Waals surface area contributed by atoms with Gasteiger partial charge in [-0.1, -0.05) is 18.5 Å². The van der Waals surface area contributed by atoms with Crippen LogP contribution in [0.25, 0.3) is 0 Å². The maximum absolute atomic E-state index is 12.8. The van der Waals surface area contributed by atoms with Crippen molar-refractivity contribution in [2.75, 3.05) is 19.6 Å². The topological polar surface area (TPSA) is 73.2 Å². The summed E-state index contributed by atoms with van der Waals surface area (Å²) in [5.74, 6) is 0.0311. The Hall–Kier alpha value is -0.660. The van der Waals surface area contributed by atoms with Crippen molar-refractivity contribution >= 4 is 15.9 Å². The minimum Gasteiger partial charge on any atom is -0.411 e. The number of hydrogen-bond donors (Lipinski definition) is 1. The van der Waals surface area contributed by atoms with Crippen molar-refractivity contribution in [2.24, 2.45) is 11.1 Å². The predicted molar refractivity (Wildman–Crippen MR) is 78.1 cm³/mol. The molecule has 0 radical (unpaired) electrons. The minimum absolute atomic E-state index is 0.0311. The normalized spacial score (nSPS) is 32.6. The Labute approximate surface area is 121 Å². The van der Waals surface area contributed by atoms with Crippen molar-refractivity contribution in [1.29, 1.82) is 0 Å². The van der Waals surface area contributed by atoms with E-state index in [2.05, 4.69) is 5.16 Å². The second-order valence-corrected chi connectivity index (χ2v) is 7.65. The van der Waals surface area contributed by atoms with Crippen LogP contribution >= 0.6 is 0 Å². The monoisotopic (exact) mass is 303 g/mol. The van der Waals surface area contributed by atoms with Gasteiger partial charge in [0.2, 0.25) is 0 Å². The lowest BCUT2D eigenvalue weighted by Gasteiger charge is -2.39. The first-order valence-electron chi connectivity index (χ1n) is 7.48. The average molecular weight is 303 g/mol. The van der Waals surface area contributed by atoms with Gasteiger partial charge in [0.25, 0.3) is 10.2 Å². The van der Waals surface area contributed by atoms with Gasteiger partial charge in [0.05, 0.1) is 5.71 Å². The van der Waals surface area contributed by atoms with E-state index in [-0.39, 0.29) is 12.0 Å². The third kappa shape index (κ3) is 2.99. The van der Waals surface area contributed by atoms with E-state index in [9.17, 15) is 8.42 Å². The Balaban J connectivity index is 2.14. The standard InChI is InChI=1S/C13H25N3O3S/c1-3-12-10-15(9-7-13(12)14-17)20(18,19)16-8-5-4-6-11(16)2/h11-12,17H,3-10H2,1-2H3. The van der Waals surface area contributed by atoms with Crippen molar-refractivity contribution in [3.05, 3.63) is 0 Å². The van der Waals surface area contributed by atoms with Crippen LogP contribution in [0.3, 0.4) is 0 Å². The second-order valence-electron chi connectivity index (χ2n) is 5.77. The van der Waals surface area contributed by atoms with Gasteiger partial charge in [0.1, 0.15) is 0 Å². The van der Waals surface area contributed by atoms with Crippen LogP contribution in [0.15, 0.2) is 5.16 Å². The first kappa shape index (κ1) is 15.7. The lowest BCUT2D eigenvalue weighted by molar-refractivity contribution is 0.234. The lowest BCUT2D eigenvalue weighted by atomic mass is 9.95. The smallest absolute Gasteiger partial charge is 0.282 e. The van der Waals surface area contributed by atoms with E-state index in [0.29, 0.717) is 26.1 Å². The highest BCUT2D eigenvalue weighted by Gasteiger charge is 2.38. The van der Waals surface area contributed by atoms with E-state index < -0.39 is 10.2 Å². The van der Waals surface area contributed by atoms with Crippen molar-refractivity contribution < 1.29 is 13.6 Å². The van der Waals surface area contributed by atoms with Crippen molar-refractivity contribution in [3.8, 4) is 0 Å². The molecule has 0 aromatic carbocycles. The first-order valence-corrected chi connectivity index (χ1v) is 8.88. The molecule has 0 saturated carbocycles. The fraction of sp³-hybridized carbons (Fsp3) is 0.923. The summed E-state index contributed by atoms with van der Waals surface area (Å²) in [4.78, 5) is 0. The van der Waals surface area contributed by atoms with Crippen LogP contribution < -0.4 is 0 Å². The van der Waals surface area contributed by atoms with Gasteiger partial charge in [0.15, 0.2) is 0 Å². The molecule has 2 aliphatic rings. The van der Waals surface area contributed by atoms with E-state index in [4.69, 9.17) is 5.21 Å². The molecule has 0 spiro atoms. The molecule has 2 unspecified atom stereocenters. The first-order chi connectivity index (χ1) is 9.50. The molecule has 0 aromatic heterocycles. The molecule has 2 fully saturated rings. The summed E-state index contributed by atoms with van der Waals surface area (Å²) in [7, 11) is -3.38. The summed E-state index contributed by atoms with van der Waals surface area (Å²) >= 11 is 0. The van der Waals surface area contributed by atoms with E-state index in [1.807, 2.05) is 13.8 Å². The number of piperidine rings is 2. The van der Waals surface area contributed by atoms with E-state index in [1.165, 1.54) is 0 Å². The Morgan fingerprint density at radius 3 is 2.70 bits per heavy atom. The highest BCUT2D eigenvalue weighted by Crippen LogP contribution is 2.26. The van der Waals surface area contributed by atoms with E-state index >= 15 is 0 Å². The zero-order valence-corrected chi connectivity index (χ0v) is 13.1. The van der Waals surface area contributed by atoms with Crippen LogP contribution in [0.1, 0.15) is 46.0 Å². The summed E-state index contributed by atoms with van der Waals surface area (Å²) in [5, 5.41) is 12.3.